The lowest BCUT2D eigenvalue weighted by molar-refractivity contribution is -0.116. The number of benzene rings is 1. The molecule has 4 rings (SSSR count). The van der Waals surface area contributed by atoms with Crippen LogP contribution in [0.2, 0.25) is 0 Å². The zero-order valence-corrected chi connectivity index (χ0v) is 16.7. The molecular formula is C21H26N4O4. The molecule has 0 saturated carbocycles. The minimum Gasteiger partial charge on any atom is -0.488 e. The molecule has 2 atom stereocenters. The standard InChI is InChI=1S/C21H26N4O4/c1-3-25-17(10-13(2)23-25)21(28)24-9-8-19(18(26)12-24)29-15-5-6-16-14(11-15)4-7-20(27)22-16/h5-6,10-11,18-19,26H,3-4,7-9,12H2,1-2H3,(H,22,27)/t18-,19-/m1/s1. The lowest BCUT2D eigenvalue weighted by Crippen LogP contribution is -2.51. The van der Waals surface area contributed by atoms with Gasteiger partial charge >= 0.3 is 0 Å². The van der Waals surface area contributed by atoms with Crippen molar-refractivity contribution in [2.75, 3.05) is 18.4 Å². The number of carbonyl (C=O) groups excluding carboxylic acids is 2. The first-order valence-electron chi connectivity index (χ1n) is 10.1. The third kappa shape index (κ3) is 3.98. The first-order chi connectivity index (χ1) is 13.9. The highest BCUT2D eigenvalue weighted by atomic mass is 16.5. The fourth-order valence-corrected chi connectivity index (χ4v) is 3.96. The van der Waals surface area contributed by atoms with Crippen LogP contribution in [-0.2, 0) is 17.8 Å². The van der Waals surface area contributed by atoms with Crippen molar-refractivity contribution >= 4 is 17.5 Å². The number of aryl methyl sites for hydroxylation is 3. The van der Waals surface area contributed by atoms with Gasteiger partial charge in [0.2, 0.25) is 5.91 Å². The average molecular weight is 398 g/mol. The molecule has 2 N–H and O–H groups in total. The summed E-state index contributed by atoms with van der Waals surface area (Å²) in [6, 6.07) is 7.34. The number of nitrogens with one attached hydrogen (secondary N) is 1. The first kappa shape index (κ1) is 19.4. The van der Waals surface area contributed by atoms with Crippen molar-refractivity contribution in [1.29, 1.82) is 0 Å². The summed E-state index contributed by atoms with van der Waals surface area (Å²) in [6.45, 7) is 5.16. The van der Waals surface area contributed by atoms with E-state index >= 15 is 0 Å². The number of fused-ring (bicyclic) bond motifs is 1. The molecule has 0 unspecified atom stereocenters. The van der Waals surface area contributed by atoms with E-state index in [1.54, 1.807) is 21.7 Å². The van der Waals surface area contributed by atoms with Gasteiger partial charge in [0.05, 0.1) is 12.2 Å². The number of carbonyl (C=O) groups is 2. The van der Waals surface area contributed by atoms with E-state index in [4.69, 9.17) is 4.74 Å². The maximum atomic E-state index is 12.9. The molecule has 1 saturated heterocycles. The number of aliphatic hydroxyl groups excluding tert-OH is 1. The second-order valence-electron chi connectivity index (χ2n) is 7.62. The summed E-state index contributed by atoms with van der Waals surface area (Å²) in [6.07, 6.45) is 0.529. The molecular weight excluding hydrogens is 372 g/mol. The van der Waals surface area contributed by atoms with Gasteiger partial charge in [-0.15, -0.1) is 0 Å². The van der Waals surface area contributed by atoms with Crippen molar-refractivity contribution in [2.24, 2.45) is 0 Å². The third-order valence-electron chi connectivity index (χ3n) is 5.49. The molecule has 2 aliphatic heterocycles. The van der Waals surface area contributed by atoms with E-state index in [1.165, 1.54) is 0 Å². The van der Waals surface area contributed by atoms with Crippen LogP contribution in [0.1, 0.15) is 41.5 Å². The predicted molar refractivity (Wildman–Crippen MR) is 107 cm³/mol. The van der Waals surface area contributed by atoms with Crippen molar-refractivity contribution in [3.05, 3.63) is 41.2 Å². The molecule has 1 aromatic carbocycles. The van der Waals surface area contributed by atoms with Gasteiger partial charge < -0.3 is 20.1 Å². The highest BCUT2D eigenvalue weighted by molar-refractivity contribution is 5.94. The number of aliphatic hydroxyl groups is 1. The monoisotopic (exact) mass is 398 g/mol. The largest absolute Gasteiger partial charge is 0.488 e. The van der Waals surface area contributed by atoms with Gasteiger partial charge in [-0.3, -0.25) is 14.3 Å². The molecule has 2 amide bonds. The maximum Gasteiger partial charge on any atom is 0.272 e. The third-order valence-corrected chi connectivity index (χ3v) is 5.49. The first-order valence-corrected chi connectivity index (χ1v) is 10.1. The van der Waals surface area contributed by atoms with Gasteiger partial charge in [-0.2, -0.15) is 5.10 Å². The summed E-state index contributed by atoms with van der Waals surface area (Å²) in [5.41, 5.74) is 3.20. The van der Waals surface area contributed by atoms with Crippen molar-refractivity contribution in [3.8, 4) is 5.75 Å². The zero-order valence-electron chi connectivity index (χ0n) is 16.7. The van der Waals surface area contributed by atoms with Gasteiger partial charge in [0.25, 0.3) is 5.91 Å². The summed E-state index contributed by atoms with van der Waals surface area (Å²) in [7, 11) is 0. The van der Waals surface area contributed by atoms with Crippen LogP contribution in [0.15, 0.2) is 24.3 Å². The highest BCUT2D eigenvalue weighted by Gasteiger charge is 2.33. The summed E-state index contributed by atoms with van der Waals surface area (Å²) in [5.74, 6) is 0.580. The minimum absolute atomic E-state index is 0.0261. The topological polar surface area (TPSA) is 96.7 Å². The lowest BCUT2D eigenvalue weighted by atomic mass is 10.0. The Morgan fingerprint density at radius 2 is 2.17 bits per heavy atom. The van der Waals surface area contributed by atoms with E-state index in [1.807, 2.05) is 26.0 Å². The minimum atomic E-state index is -0.775. The molecule has 8 nitrogen and oxygen atoms in total. The molecule has 2 aliphatic rings. The Morgan fingerprint density at radius 3 is 2.93 bits per heavy atom. The second kappa shape index (κ2) is 7.87. The van der Waals surface area contributed by atoms with E-state index in [9.17, 15) is 14.7 Å². The van der Waals surface area contributed by atoms with Crippen LogP contribution in [-0.4, -0.2) is 56.9 Å². The number of aromatic nitrogens is 2. The molecule has 0 aliphatic carbocycles. The SMILES string of the molecule is CCn1nc(C)cc1C(=O)N1CC[C@@H](Oc2ccc3c(c2)CCC(=O)N3)[C@H](O)C1. The van der Waals surface area contributed by atoms with E-state index in [0.29, 0.717) is 43.8 Å². The molecule has 154 valence electrons. The number of rotatable bonds is 4. The van der Waals surface area contributed by atoms with Gasteiger partial charge in [-0.1, -0.05) is 0 Å². The van der Waals surface area contributed by atoms with Gasteiger partial charge in [0.1, 0.15) is 23.7 Å². The molecule has 8 heteroatoms. The van der Waals surface area contributed by atoms with Gasteiger partial charge in [0.15, 0.2) is 0 Å². The Morgan fingerprint density at radius 1 is 1.34 bits per heavy atom. The van der Waals surface area contributed by atoms with E-state index in [2.05, 4.69) is 10.4 Å². The van der Waals surface area contributed by atoms with Crippen molar-refractivity contribution in [3.63, 3.8) is 0 Å². The van der Waals surface area contributed by atoms with Gasteiger partial charge in [0, 0.05) is 31.6 Å². The number of hydrogen-bond acceptors (Lipinski definition) is 5. The number of hydrogen-bond donors (Lipinski definition) is 2. The van der Waals surface area contributed by atoms with E-state index < -0.39 is 6.10 Å². The summed E-state index contributed by atoms with van der Waals surface area (Å²) in [5, 5.41) is 17.8. The molecule has 0 spiro atoms. The van der Waals surface area contributed by atoms with Crippen LogP contribution < -0.4 is 10.1 Å². The Kier molecular flexibility index (Phi) is 5.27. The van der Waals surface area contributed by atoms with E-state index in [0.717, 1.165) is 16.9 Å². The number of piperidine rings is 1. The normalized spacial score (nSPS) is 21.5. The van der Waals surface area contributed by atoms with Crippen LogP contribution in [0, 0.1) is 6.92 Å². The molecule has 1 aromatic heterocycles. The molecule has 1 fully saturated rings. The molecule has 29 heavy (non-hydrogen) atoms. The number of nitrogens with zero attached hydrogens (tertiary/aromatic N) is 3. The molecule has 0 bridgehead atoms. The summed E-state index contributed by atoms with van der Waals surface area (Å²) >= 11 is 0. The number of likely N-dealkylation sites (tertiary alicyclic amines) is 1. The van der Waals surface area contributed by atoms with Crippen LogP contribution in [0.25, 0.3) is 0 Å². The van der Waals surface area contributed by atoms with Crippen LogP contribution in [0.3, 0.4) is 0 Å². The number of anilines is 1. The van der Waals surface area contributed by atoms with Crippen molar-refractivity contribution in [1.82, 2.24) is 14.7 Å². The molecule has 2 aromatic rings. The quantitative estimate of drug-likeness (QED) is 0.818. The van der Waals surface area contributed by atoms with Gasteiger partial charge in [-0.05, 0) is 50.1 Å². The maximum absolute atomic E-state index is 12.9. The van der Waals surface area contributed by atoms with Gasteiger partial charge in [-0.25, -0.2) is 0 Å². The summed E-state index contributed by atoms with van der Waals surface area (Å²) < 4.78 is 7.72. The highest BCUT2D eigenvalue weighted by Crippen LogP contribution is 2.28. The molecule has 0 radical (unpaired) electrons. The molecule has 3 heterocycles. The van der Waals surface area contributed by atoms with Crippen LogP contribution in [0.5, 0.6) is 5.75 Å². The van der Waals surface area contributed by atoms with Crippen LogP contribution in [0.4, 0.5) is 5.69 Å². The Labute approximate surface area is 169 Å². The van der Waals surface area contributed by atoms with E-state index in [-0.39, 0.29) is 24.5 Å². The van der Waals surface area contributed by atoms with Crippen LogP contribution >= 0.6 is 0 Å². The number of ether oxygens (including phenoxy) is 1. The Balaban J connectivity index is 1.40. The second-order valence-corrected chi connectivity index (χ2v) is 7.62. The fourth-order valence-electron chi connectivity index (χ4n) is 3.96. The Bertz CT molecular complexity index is 939. The van der Waals surface area contributed by atoms with Crippen molar-refractivity contribution in [2.45, 2.75) is 51.9 Å². The lowest BCUT2D eigenvalue weighted by Gasteiger charge is -2.36. The average Bonchev–Trinajstić information content (AvgIpc) is 3.09. The number of β-amino-alcohol motifs (C(OH)–C–C–N with tert-alkyl or cyclic N) is 1. The zero-order chi connectivity index (χ0) is 20.5. The number of amides is 2. The predicted octanol–water partition coefficient (Wildman–Crippen LogP) is 1.75. The summed E-state index contributed by atoms with van der Waals surface area (Å²) in [4.78, 5) is 26.0. The fraction of sp³-hybridized carbons (Fsp3) is 0.476. The Hall–Kier alpha value is -2.87. The van der Waals surface area contributed by atoms with Crippen molar-refractivity contribution < 1.29 is 19.4 Å². The smallest absolute Gasteiger partial charge is 0.272 e.